The second-order valence-corrected chi connectivity index (χ2v) is 4.06. The molecule has 0 fully saturated rings. The quantitative estimate of drug-likeness (QED) is 0.828. The molecule has 0 saturated carbocycles. The van der Waals surface area contributed by atoms with Gasteiger partial charge in [0, 0.05) is 31.6 Å². The zero-order valence-electron chi connectivity index (χ0n) is 10.6. The number of hydrogen-bond acceptors (Lipinski definition) is 4. The molecule has 0 radical (unpaired) electrons. The van der Waals surface area contributed by atoms with E-state index in [1.54, 1.807) is 17.0 Å². The molecule has 0 aliphatic carbocycles. The van der Waals surface area contributed by atoms with Crippen molar-refractivity contribution in [3.05, 3.63) is 36.2 Å². The first-order chi connectivity index (χ1) is 9.47. The molecule has 0 aliphatic rings. The Morgan fingerprint density at radius 3 is 2.80 bits per heavy atom. The van der Waals surface area contributed by atoms with Crippen molar-refractivity contribution in [2.24, 2.45) is 7.05 Å². The van der Waals surface area contributed by atoms with Crippen molar-refractivity contribution in [1.29, 1.82) is 0 Å². The van der Waals surface area contributed by atoms with E-state index >= 15 is 0 Å². The Morgan fingerprint density at radius 2 is 2.20 bits per heavy atom. The number of nitrogen functional groups attached to an aromatic ring is 1. The smallest absolute Gasteiger partial charge is 0.387 e. The third-order valence-corrected chi connectivity index (χ3v) is 2.68. The van der Waals surface area contributed by atoms with Crippen molar-refractivity contribution < 1.29 is 17.9 Å². The first kappa shape index (κ1) is 14.0. The Morgan fingerprint density at radius 1 is 1.45 bits per heavy atom. The lowest BCUT2D eigenvalue weighted by atomic mass is 10.2. The highest BCUT2D eigenvalue weighted by atomic mass is 19.3. The number of nitrogens with two attached hydrogens (primary N) is 1. The minimum atomic E-state index is -3.10. The molecule has 0 spiro atoms. The molecule has 108 valence electrons. The van der Waals surface area contributed by atoms with Gasteiger partial charge in [0.1, 0.15) is 5.82 Å². The topological polar surface area (TPSA) is 65.1 Å². The zero-order valence-corrected chi connectivity index (χ0v) is 10.6. The Kier molecular flexibility index (Phi) is 4.02. The van der Waals surface area contributed by atoms with Gasteiger partial charge < -0.3 is 20.4 Å². The average molecular weight is 286 g/mol. The van der Waals surface area contributed by atoms with Crippen LogP contribution in [0.15, 0.2) is 24.5 Å². The highest BCUT2D eigenvalue weighted by Gasteiger charge is 2.13. The fourth-order valence-corrected chi connectivity index (χ4v) is 1.65. The monoisotopic (exact) mass is 286 g/mol. The first-order valence-electron chi connectivity index (χ1n) is 5.71. The number of aromatic nitrogens is 2. The summed E-state index contributed by atoms with van der Waals surface area (Å²) in [6.07, 6.45) is 3.38. The van der Waals surface area contributed by atoms with Crippen molar-refractivity contribution in [3.8, 4) is 5.75 Å². The van der Waals surface area contributed by atoms with E-state index in [0.29, 0.717) is 18.1 Å². The zero-order chi connectivity index (χ0) is 14.7. The number of alkyl halides is 2. The second kappa shape index (κ2) is 5.72. The SMILES string of the molecule is Cn1ccnc1CNc1cc(OC(F)F)c(F)cc1N. The molecule has 20 heavy (non-hydrogen) atoms. The van der Waals surface area contributed by atoms with Gasteiger partial charge in [0.05, 0.1) is 17.9 Å². The molecule has 5 nitrogen and oxygen atoms in total. The molecule has 3 N–H and O–H groups in total. The second-order valence-electron chi connectivity index (χ2n) is 4.06. The van der Waals surface area contributed by atoms with Gasteiger partial charge in [-0.05, 0) is 0 Å². The van der Waals surface area contributed by atoms with Gasteiger partial charge in [0.2, 0.25) is 0 Å². The third-order valence-electron chi connectivity index (χ3n) is 2.68. The first-order valence-corrected chi connectivity index (χ1v) is 5.71. The molecule has 0 amide bonds. The summed E-state index contributed by atoms with van der Waals surface area (Å²) in [6.45, 7) is -2.79. The molecule has 8 heteroatoms. The summed E-state index contributed by atoms with van der Waals surface area (Å²) in [4.78, 5) is 4.08. The summed E-state index contributed by atoms with van der Waals surface area (Å²) in [5.74, 6) is -0.785. The van der Waals surface area contributed by atoms with Crippen LogP contribution in [0.3, 0.4) is 0 Å². The molecule has 0 aliphatic heterocycles. The Bertz CT molecular complexity index is 600. The van der Waals surface area contributed by atoms with E-state index in [2.05, 4.69) is 15.0 Å². The minimum Gasteiger partial charge on any atom is -0.432 e. The number of halogens is 3. The van der Waals surface area contributed by atoms with Crippen molar-refractivity contribution in [2.75, 3.05) is 11.1 Å². The van der Waals surface area contributed by atoms with E-state index in [4.69, 9.17) is 5.73 Å². The van der Waals surface area contributed by atoms with Crippen molar-refractivity contribution in [3.63, 3.8) is 0 Å². The minimum absolute atomic E-state index is 0.0957. The van der Waals surface area contributed by atoms with E-state index in [0.717, 1.165) is 12.1 Å². The summed E-state index contributed by atoms with van der Waals surface area (Å²) in [5, 5.41) is 2.90. The number of imidazole rings is 1. The lowest BCUT2D eigenvalue weighted by Crippen LogP contribution is -2.09. The number of aryl methyl sites for hydroxylation is 1. The van der Waals surface area contributed by atoms with E-state index in [1.165, 1.54) is 0 Å². The molecule has 0 unspecified atom stereocenters. The van der Waals surface area contributed by atoms with E-state index in [-0.39, 0.29) is 5.69 Å². The molecule has 1 aromatic heterocycles. The third kappa shape index (κ3) is 3.14. The average Bonchev–Trinajstić information content (AvgIpc) is 2.76. The lowest BCUT2D eigenvalue weighted by molar-refractivity contribution is -0.0521. The highest BCUT2D eigenvalue weighted by molar-refractivity contribution is 5.68. The Hall–Kier alpha value is -2.38. The molecule has 1 heterocycles. The molecular formula is C12H13F3N4O. The van der Waals surface area contributed by atoms with E-state index in [9.17, 15) is 13.2 Å². The van der Waals surface area contributed by atoms with Gasteiger partial charge in [-0.3, -0.25) is 0 Å². The molecule has 0 bridgehead atoms. The normalized spacial score (nSPS) is 10.8. The predicted octanol–water partition coefficient (Wildman–Crippen LogP) is 2.35. The van der Waals surface area contributed by atoms with Crippen molar-refractivity contribution >= 4 is 11.4 Å². The summed E-state index contributed by atoms with van der Waals surface area (Å²) < 4.78 is 43.5. The van der Waals surface area contributed by atoms with Crippen LogP contribution < -0.4 is 15.8 Å². The summed E-state index contributed by atoms with van der Waals surface area (Å²) >= 11 is 0. The fraction of sp³-hybridized carbons (Fsp3) is 0.250. The maximum absolute atomic E-state index is 13.4. The standard InChI is InChI=1S/C12H13F3N4O/c1-19-3-2-17-11(19)6-18-9-5-10(20-12(14)15)7(13)4-8(9)16/h2-5,12,18H,6,16H2,1H3. The van der Waals surface area contributed by atoms with Gasteiger partial charge >= 0.3 is 6.61 Å². The van der Waals surface area contributed by atoms with E-state index < -0.39 is 18.2 Å². The van der Waals surface area contributed by atoms with E-state index in [1.807, 2.05) is 7.05 Å². The van der Waals surface area contributed by atoms with Crippen LogP contribution in [-0.2, 0) is 13.6 Å². The number of anilines is 2. The predicted molar refractivity (Wildman–Crippen MR) is 68.0 cm³/mol. The molecule has 2 aromatic rings. The fourth-order valence-electron chi connectivity index (χ4n) is 1.65. The van der Waals surface area contributed by atoms with Gasteiger partial charge in [0.15, 0.2) is 11.6 Å². The van der Waals surface area contributed by atoms with Crippen LogP contribution in [0.5, 0.6) is 5.75 Å². The molecule has 0 atom stereocenters. The summed E-state index contributed by atoms with van der Waals surface area (Å²) in [7, 11) is 1.81. The van der Waals surface area contributed by atoms with Gasteiger partial charge in [-0.2, -0.15) is 8.78 Å². The number of benzene rings is 1. The number of nitrogens with zero attached hydrogens (tertiary/aromatic N) is 2. The van der Waals surface area contributed by atoms with Crippen LogP contribution in [0, 0.1) is 5.82 Å². The highest BCUT2D eigenvalue weighted by Crippen LogP contribution is 2.29. The number of hydrogen-bond donors (Lipinski definition) is 2. The van der Waals surface area contributed by atoms with Crippen molar-refractivity contribution in [1.82, 2.24) is 9.55 Å². The molecule has 0 saturated heterocycles. The van der Waals surface area contributed by atoms with Gasteiger partial charge in [-0.15, -0.1) is 0 Å². The van der Waals surface area contributed by atoms with Crippen molar-refractivity contribution in [2.45, 2.75) is 13.2 Å². The molecule has 2 rings (SSSR count). The van der Waals surface area contributed by atoms with Crippen LogP contribution in [0.2, 0.25) is 0 Å². The Labute approximate surface area is 113 Å². The summed E-state index contributed by atoms with van der Waals surface area (Å²) in [5.41, 5.74) is 6.02. The Balaban J connectivity index is 2.16. The maximum atomic E-state index is 13.4. The van der Waals surface area contributed by atoms with Crippen LogP contribution in [0.1, 0.15) is 5.82 Å². The van der Waals surface area contributed by atoms with Crippen LogP contribution in [0.4, 0.5) is 24.5 Å². The van der Waals surface area contributed by atoms with Crippen LogP contribution in [0.25, 0.3) is 0 Å². The maximum Gasteiger partial charge on any atom is 0.387 e. The number of rotatable bonds is 5. The summed E-state index contributed by atoms with van der Waals surface area (Å²) in [6, 6.07) is 2.03. The molecule has 1 aromatic carbocycles. The van der Waals surface area contributed by atoms with Crippen LogP contribution >= 0.6 is 0 Å². The van der Waals surface area contributed by atoms with Crippen LogP contribution in [-0.4, -0.2) is 16.2 Å². The van der Waals surface area contributed by atoms with Gasteiger partial charge in [-0.1, -0.05) is 0 Å². The number of ether oxygens (including phenoxy) is 1. The van der Waals surface area contributed by atoms with Gasteiger partial charge in [-0.25, -0.2) is 9.37 Å². The molecular weight excluding hydrogens is 273 g/mol. The van der Waals surface area contributed by atoms with Gasteiger partial charge in [0.25, 0.3) is 0 Å². The largest absolute Gasteiger partial charge is 0.432 e. The lowest BCUT2D eigenvalue weighted by Gasteiger charge is -2.12. The number of nitrogens with one attached hydrogen (secondary N) is 1.